The first kappa shape index (κ1) is 89.3. The SMILES string of the molecule is COCCN(CCOC12CC3(C)CC(C)(CC(Cn4ncc(-c5ccc(N6CCc7c(OC)ccc(C(=O)Nc8nc9ccccc9s8)c7C6)nc5C(=O)O)c4C)(C3)C1)C2)C(=O)OCc1ccc(NC(=O)[C@H](C)NC(=O)[C@@H](NC(=O)CN2C(=O)[C@@H](N3C(=O)C=CC3=O)C[C@H]2COCCS(=O)(=O)O)C(C)C)cc1CCC[C@@H]1O[C@H](C(=O)O)[C@@H](O)[C@H](O)[C@H]1O. The number of methoxy groups -OCH3 is 2. The van der Waals surface area contributed by atoms with Crippen molar-refractivity contribution in [1.82, 2.24) is 45.1 Å². The topological polar surface area (TPSA) is 486 Å². The highest BCUT2D eigenvalue weighted by Crippen LogP contribution is 2.72. The van der Waals surface area contributed by atoms with Gasteiger partial charge in [0.05, 0.1) is 80.0 Å². The third kappa shape index (κ3) is 19.8. The molecule has 4 saturated carbocycles. The maximum Gasteiger partial charge on any atom is 0.410 e. The van der Waals surface area contributed by atoms with Crippen LogP contribution in [0.3, 0.4) is 0 Å². The second kappa shape index (κ2) is 36.6. The number of carbonyl (C=O) groups excluding carboxylic acids is 8. The van der Waals surface area contributed by atoms with Crippen LogP contribution in [-0.4, -0.2) is 265 Å². The van der Waals surface area contributed by atoms with Crippen LogP contribution >= 0.6 is 11.3 Å². The smallest absolute Gasteiger partial charge is 0.410 e. The van der Waals surface area contributed by atoms with Gasteiger partial charge in [-0.3, -0.25) is 53.0 Å². The van der Waals surface area contributed by atoms with Crippen LogP contribution in [0.5, 0.6) is 5.75 Å². The first-order chi connectivity index (χ1) is 57.9. The van der Waals surface area contributed by atoms with E-state index >= 15 is 0 Å². The average Bonchev–Trinajstić information content (AvgIpc) is 1.00. The highest BCUT2D eigenvalue weighted by Gasteiger charge is 2.66. The lowest BCUT2D eigenvalue weighted by molar-refractivity contribution is -0.248. The minimum atomic E-state index is -4.42. The molecule has 38 heteroatoms. The number of ether oxygens (including phenoxy) is 6. The van der Waals surface area contributed by atoms with Crippen molar-refractivity contribution in [2.45, 2.75) is 192 Å². The first-order valence-corrected chi connectivity index (χ1v) is 43.1. The van der Waals surface area contributed by atoms with Gasteiger partial charge in [-0.2, -0.15) is 13.5 Å². The van der Waals surface area contributed by atoms with E-state index in [0.29, 0.717) is 70.4 Å². The molecule has 656 valence electrons. The fourth-order valence-electron chi connectivity index (χ4n) is 19.8. The summed E-state index contributed by atoms with van der Waals surface area (Å²) in [4.78, 5) is 150. The Labute approximate surface area is 707 Å². The minimum Gasteiger partial charge on any atom is -0.496 e. The Morgan fingerprint density at radius 1 is 0.795 bits per heavy atom. The summed E-state index contributed by atoms with van der Waals surface area (Å²) in [5.74, 6) is -8.12. The van der Waals surface area contributed by atoms with Crippen molar-refractivity contribution in [3.05, 3.63) is 124 Å². The number of aromatic nitrogens is 4. The van der Waals surface area contributed by atoms with Crippen molar-refractivity contribution in [1.29, 1.82) is 0 Å². The van der Waals surface area contributed by atoms with E-state index < -0.39 is 149 Å². The normalized spacial score (nSPS) is 25.3. The third-order valence-corrected chi connectivity index (χ3v) is 26.0. The molecule has 3 aromatic carbocycles. The number of imide groups is 1. The monoisotopic (exact) mass is 1730 g/mol. The number of benzene rings is 3. The molecule has 6 fully saturated rings. The van der Waals surface area contributed by atoms with Crippen LogP contribution in [0, 0.1) is 29.1 Å². The number of rotatable bonds is 36. The molecule has 3 aromatic heterocycles. The molecule has 6 aromatic rings. The van der Waals surface area contributed by atoms with Crippen molar-refractivity contribution in [3.63, 3.8) is 0 Å². The van der Waals surface area contributed by atoms with Crippen LogP contribution in [0.4, 0.5) is 21.4 Å². The van der Waals surface area contributed by atoms with Crippen molar-refractivity contribution in [2.75, 3.05) is 88.1 Å². The number of hydrogen-bond acceptors (Lipinski definition) is 26. The Hall–Kier alpha value is -10.4. The number of nitrogens with one attached hydrogen (secondary N) is 4. The number of carboxylic acids is 2. The van der Waals surface area contributed by atoms with E-state index in [1.807, 2.05) is 46.8 Å². The Morgan fingerprint density at radius 2 is 1.52 bits per heavy atom. The molecule has 8 amide bonds. The van der Waals surface area contributed by atoms with Gasteiger partial charge in [-0.1, -0.05) is 57.2 Å². The molecule has 14 rings (SSSR count). The van der Waals surface area contributed by atoms with Crippen LogP contribution in [-0.2, 0) is 99.9 Å². The second-order valence-corrected chi connectivity index (χ2v) is 36.8. The number of para-hydroxylation sites is 1. The summed E-state index contributed by atoms with van der Waals surface area (Å²) in [6.45, 7) is 11.1. The van der Waals surface area contributed by atoms with Gasteiger partial charge in [0.2, 0.25) is 23.6 Å². The number of thiazole rings is 1. The molecule has 8 aliphatic rings. The number of likely N-dealkylation sites (tertiary alicyclic amines) is 1. The summed E-state index contributed by atoms with van der Waals surface area (Å²) in [7, 11) is -1.33. The number of aliphatic hydroxyl groups is 3. The number of fused-ring (bicyclic) bond motifs is 2. The number of nitrogens with zero attached hydrogens (tertiary/aromatic N) is 8. The van der Waals surface area contributed by atoms with E-state index in [1.54, 1.807) is 57.5 Å². The Kier molecular flexibility index (Phi) is 26.8. The van der Waals surface area contributed by atoms with Gasteiger partial charge in [0.1, 0.15) is 54.6 Å². The minimum absolute atomic E-state index is 0.0313. The summed E-state index contributed by atoms with van der Waals surface area (Å²) in [5, 5.41) is 69.0. The fraction of sp³-hybridized carbons (Fsp3) is 0.536. The summed E-state index contributed by atoms with van der Waals surface area (Å²) in [5.41, 5.74) is 4.57. The lowest BCUT2D eigenvalue weighted by Crippen LogP contribution is -2.64. The molecule has 11 atom stereocenters. The quantitative estimate of drug-likeness (QED) is 0.0133. The second-order valence-electron chi connectivity index (χ2n) is 34.2. The molecule has 0 spiro atoms. The molecule has 4 aliphatic carbocycles. The molecule has 7 heterocycles. The van der Waals surface area contributed by atoms with Crippen molar-refractivity contribution < 1.29 is 115 Å². The van der Waals surface area contributed by atoms with Crippen LogP contribution in [0.15, 0.2) is 85.1 Å². The maximum absolute atomic E-state index is 14.5. The molecule has 4 aliphatic heterocycles. The number of aromatic carboxylic acids is 1. The Bertz CT molecular complexity index is 5120. The van der Waals surface area contributed by atoms with Crippen LogP contribution in [0.25, 0.3) is 21.3 Å². The van der Waals surface area contributed by atoms with Crippen LogP contribution in [0.1, 0.15) is 141 Å². The number of carbonyl (C=O) groups is 10. The van der Waals surface area contributed by atoms with Crippen molar-refractivity contribution >= 4 is 108 Å². The number of amides is 8. The summed E-state index contributed by atoms with van der Waals surface area (Å²) >= 11 is 1.38. The molecule has 4 bridgehead atoms. The first-order valence-electron chi connectivity index (χ1n) is 40.6. The zero-order chi connectivity index (χ0) is 87.7. The highest BCUT2D eigenvalue weighted by molar-refractivity contribution is 7.85. The molecule has 36 nitrogen and oxygen atoms in total. The van der Waals surface area contributed by atoms with Gasteiger partial charge in [0.15, 0.2) is 16.9 Å². The molecule has 10 N–H and O–H groups in total. The Balaban J connectivity index is 0.657. The van der Waals surface area contributed by atoms with Gasteiger partial charge in [0, 0.05) is 92.0 Å². The van der Waals surface area contributed by atoms with E-state index in [9.17, 15) is 86.4 Å². The summed E-state index contributed by atoms with van der Waals surface area (Å²) < 4.78 is 70.3. The zero-order valence-corrected chi connectivity index (χ0v) is 70.7. The van der Waals surface area contributed by atoms with Gasteiger partial charge >= 0.3 is 18.0 Å². The largest absolute Gasteiger partial charge is 0.496 e. The van der Waals surface area contributed by atoms with E-state index in [-0.39, 0.29) is 105 Å². The number of pyridine rings is 1. The lowest BCUT2D eigenvalue weighted by Gasteiger charge is -2.69. The Morgan fingerprint density at radius 3 is 2.21 bits per heavy atom. The number of carboxylic acid groups (broad SMARTS) is 2. The van der Waals surface area contributed by atoms with E-state index in [2.05, 4.69) is 40.1 Å². The van der Waals surface area contributed by atoms with E-state index in [4.69, 9.17) is 38.5 Å². The molecule has 2 unspecified atom stereocenters. The van der Waals surface area contributed by atoms with Gasteiger partial charge < -0.3 is 84.6 Å². The number of aryl methyl sites for hydroxylation is 1. The average molecular weight is 1730 g/mol. The van der Waals surface area contributed by atoms with E-state index in [1.165, 1.54) is 36.3 Å². The molecule has 2 saturated heterocycles. The molecule has 0 radical (unpaired) electrons. The predicted molar refractivity (Wildman–Crippen MR) is 440 cm³/mol. The molecular weight excluding hydrogens is 1630 g/mol. The van der Waals surface area contributed by atoms with Crippen molar-refractivity contribution in [2.24, 2.45) is 22.2 Å². The highest BCUT2D eigenvalue weighted by atomic mass is 32.2. The molecular formula is C84H104N12O24S2. The summed E-state index contributed by atoms with van der Waals surface area (Å²) in [6.07, 6.45) is 0.106. The predicted octanol–water partition coefficient (Wildman–Crippen LogP) is 5.45. The maximum atomic E-state index is 14.5. The zero-order valence-electron chi connectivity index (χ0n) is 69.0. The third-order valence-electron chi connectivity index (χ3n) is 24.4. The number of aliphatic hydroxyl groups excluding tert-OH is 3. The van der Waals surface area contributed by atoms with Crippen LogP contribution < -0.4 is 30.9 Å². The lowest BCUT2D eigenvalue weighted by atomic mass is 9.39. The number of aliphatic carboxylic acids is 1. The molecule has 122 heavy (non-hydrogen) atoms. The van der Waals surface area contributed by atoms with Crippen LogP contribution in [0.2, 0.25) is 0 Å². The summed E-state index contributed by atoms with van der Waals surface area (Å²) in [6, 6.07) is 14.6. The number of anilines is 3. The van der Waals surface area contributed by atoms with Crippen molar-refractivity contribution in [3.8, 4) is 16.9 Å². The van der Waals surface area contributed by atoms with Gasteiger partial charge in [-0.15, -0.1) is 0 Å². The van der Waals surface area contributed by atoms with Gasteiger partial charge in [-0.25, -0.2) is 24.4 Å². The fourth-order valence-corrected chi connectivity index (χ4v) is 21.0. The van der Waals surface area contributed by atoms with Gasteiger partial charge in [0.25, 0.3) is 27.8 Å². The van der Waals surface area contributed by atoms with E-state index in [0.717, 1.165) is 81.1 Å². The van der Waals surface area contributed by atoms with Gasteiger partial charge in [-0.05, 0) is 165 Å². The standard InChI is InChI=1S/C84H104N12O24S2/c1-46(2)67(90-64(97)36-94-52(38-117-30-31-122(112,113)114)33-59(76(94)106)96-65(98)22-23-66(96)99)75(105)86-47(3)73(103)87-51-17-16-50(49(32-51)12-11-14-61-69(100)70(101)71(102)72(120-61)78(109)110)37-118-80(111)92(26-28-115-7)27-29-119-84-42-81(5)39-82(6,43-84)41-83(40-81,44-84)45-95-48(4)56(34-85-95)54-19-21-63(89-68(54)77(107)108)93-25-24-53-57(35-93)55(18-20-60(53)116-8)74(104)91-79-88-58-13-9-10-15-62(58)121-79/h9-10,13,15-23,32,34,46-47,52,59,61,67,69-72,100-102H,11-12,14,24-31,33,35-45H2,1-8H3,(H,86,105)(H,87,103)(H,90,97)(H,107,108)(H,109,110)(H,88,91,104)(H,112,113,114)/t47-,52-,59-,61-,67-,69-,70+,71-,72-,81?,82?,83?,84?/m0/s1. The number of hydrogen-bond donors (Lipinski definition) is 10.